The number of hydrogen-bond donors (Lipinski definition) is 2. The normalized spacial score (nSPS) is 20.4. The topological polar surface area (TPSA) is 32.3 Å². The first kappa shape index (κ1) is 12.0. The predicted octanol–water partition coefficient (Wildman–Crippen LogP) is 2.32. The highest BCUT2D eigenvalue weighted by Crippen LogP contribution is 2.24. The van der Waals surface area contributed by atoms with Gasteiger partial charge >= 0.3 is 0 Å². The second-order valence-corrected chi connectivity index (χ2v) is 4.47. The van der Waals surface area contributed by atoms with Crippen LogP contribution in [-0.4, -0.2) is 24.8 Å². The lowest BCUT2D eigenvalue weighted by molar-refractivity contribution is 0.286. The maximum Gasteiger partial charge on any atom is 0.0555 e. The van der Waals surface area contributed by atoms with Crippen molar-refractivity contribution in [2.75, 3.05) is 19.7 Å². The van der Waals surface area contributed by atoms with E-state index < -0.39 is 0 Å². The zero-order valence-electron chi connectivity index (χ0n) is 9.30. The number of aliphatic hydroxyl groups is 1. The van der Waals surface area contributed by atoms with Crippen molar-refractivity contribution in [3.63, 3.8) is 0 Å². The molecular weight excluding hydrogens is 174 g/mol. The molecule has 0 aliphatic heterocycles. The number of hydrogen-bond acceptors (Lipinski definition) is 2. The first-order valence-electron chi connectivity index (χ1n) is 6.25. The Balaban J connectivity index is 2.02. The van der Waals surface area contributed by atoms with E-state index in [0.717, 1.165) is 19.0 Å². The first-order valence-corrected chi connectivity index (χ1v) is 6.25. The van der Waals surface area contributed by atoms with Crippen molar-refractivity contribution in [3.05, 3.63) is 0 Å². The SMILES string of the molecule is OCCNCCC1CCCCCCC1. The third kappa shape index (κ3) is 5.61. The molecule has 1 aliphatic rings. The Kier molecular flexibility index (Phi) is 7.06. The lowest BCUT2D eigenvalue weighted by atomic mass is 9.89. The first-order chi connectivity index (χ1) is 6.93. The third-order valence-corrected chi connectivity index (χ3v) is 3.24. The summed E-state index contributed by atoms with van der Waals surface area (Å²) >= 11 is 0. The highest BCUT2D eigenvalue weighted by molar-refractivity contribution is 4.65. The van der Waals surface area contributed by atoms with Gasteiger partial charge in [0, 0.05) is 6.54 Å². The number of nitrogens with one attached hydrogen (secondary N) is 1. The lowest BCUT2D eigenvalue weighted by Gasteiger charge is -2.19. The highest BCUT2D eigenvalue weighted by atomic mass is 16.3. The van der Waals surface area contributed by atoms with Gasteiger partial charge in [0.1, 0.15) is 0 Å². The van der Waals surface area contributed by atoms with E-state index in [0.29, 0.717) is 0 Å². The van der Waals surface area contributed by atoms with Crippen molar-refractivity contribution in [1.29, 1.82) is 0 Å². The summed E-state index contributed by atoms with van der Waals surface area (Å²) in [4.78, 5) is 0. The molecule has 14 heavy (non-hydrogen) atoms. The van der Waals surface area contributed by atoms with Crippen molar-refractivity contribution in [2.45, 2.75) is 51.4 Å². The molecule has 1 saturated carbocycles. The standard InChI is InChI=1S/C12H25NO/c14-11-10-13-9-8-12-6-4-2-1-3-5-7-12/h12-14H,1-11H2. The lowest BCUT2D eigenvalue weighted by Crippen LogP contribution is -2.21. The molecule has 1 fully saturated rings. The van der Waals surface area contributed by atoms with Gasteiger partial charge in [-0.15, -0.1) is 0 Å². The van der Waals surface area contributed by atoms with Crippen LogP contribution in [-0.2, 0) is 0 Å². The summed E-state index contributed by atoms with van der Waals surface area (Å²) in [5, 5.41) is 11.9. The minimum atomic E-state index is 0.269. The molecule has 1 aliphatic carbocycles. The molecule has 1 rings (SSSR count). The summed E-state index contributed by atoms with van der Waals surface area (Å²) in [6.45, 7) is 2.11. The Hall–Kier alpha value is -0.0800. The zero-order valence-corrected chi connectivity index (χ0v) is 9.30. The van der Waals surface area contributed by atoms with Gasteiger partial charge in [-0.2, -0.15) is 0 Å². The molecule has 0 atom stereocenters. The maximum atomic E-state index is 8.62. The largest absolute Gasteiger partial charge is 0.395 e. The quantitative estimate of drug-likeness (QED) is 0.666. The van der Waals surface area contributed by atoms with Crippen LogP contribution in [0, 0.1) is 5.92 Å². The summed E-state index contributed by atoms with van der Waals surface area (Å²) in [6, 6.07) is 0. The fourth-order valence-corrected chi connectivity index (χ4v) is 2.34. The van der Waals surface area contributed by atoms with Gasteiger partial charge < -0.3 is 10.4 Å². The Bertz CT molecular complexity index is 119. The minimum Gasteiger partial charge on any atom is -0.395 e. The van der Waals surface area contributed by atoms with Crippen molar-refractivity contribution >= 4 is 0 Å². The van der Waals surface area contributed by atoms with E-state index in [1.165, 1.54) is 51.4 Å². The van der Waals surface area contributed by atoms with Gasteiger partial charge in [-0.1, -0.05) is 44.9 Å². The van der Waals surface area contributed by atoms with E-state index in [1.54, 1.807) is 0 Å². The predicted molar refractivity (Wildman–Crippen MR) is 60.4 cm³/mol. The Morgan fingerprint density at radius 3 is 2.21 bits per heavy atom. The van der Waals surface area contributed by atoms with Crippen molar-refractivity contribution in [3.8, 4) is 0 Å². The second kappa shape index (κ2) is 8.25. The van der Waals surface area contributed by atoms with E-state index in [-0.39, 0.29) is 6.61 Å². The van der Waals surface area contributed by atoms with E-state index in [2.05, 4.69) is 5.32 Å². The average Bonchev–Trinajstić information content (AvgIpc) is 2.15. The zero-order chi connectivity index (χ0) is 10.1. The molecule has 0 saturated heterocycles. The van der Waals surface area contributed by atoms with Gasteiger partial charge in [0.2, 0.25) is 0 Å². The Labute approximate surface area is 88.1 Å². The van der Waals surface area contributed by atoms with Gasteiger partial charge in [-0.25, -0.2) is 0 Å². The van der Waals surface area contributed by atoms with Crippen LogP contribution < -0.4 is 5.32 Å². The van der Waals surface area contributed by atoms with Gasteiger partial charge in [0.25, 0.3) is 0 Å². The Morgan fingerprint density at radius 1 is 0.929 bits per heavy atom. The summed E-state index contributed by atoms with van der Waals surface area (Å²) in [7, 11) is 0. The van der Waals surface area contributed by atoms with E-state index >= 15 is 0 Å². The molecule has 84 valence electrons. The summed E-state index contributed by atoms with van der Waals surface area (Å²) in [6.07, 6.45) is 11.4. The Morgan fingerprint density at radius 2 is 1.57 bits per heavy atom. The molecule has 0 aromatic carbocycles. The van der Waals surface area contributed by atoms with Crippen LogP contribution in [0.3, 0.4) is 0 Å². The molecule has 0 spiro atoms. The smallest absolute Gasteiger partial charge is 0.0555 e. The minimum absolute atomic E-state index is 0.269. The van der Waals surface area contributed by atoms with Crippen molar-refractivity contribution in [1.82, 2.24) is 5.32 Å². The van der Waals surface area contributed by atoms with Crippen LogP contribution >= 0.6 is 0 Å². The van der Waals surface area contributed by atoms with Gasteiger partial charge in [0.05, 0.1) is 6.61 Å². The van der Waals surface area contributed by atoms with Crippen LogP contribution in [0.15, 0.2) is 0 Å². The van der Waals surface area contributed by atoms with Crippen LogP contribution in [0.25, 0.3) is 0 Å². The van der Waals surface area contributed by atoms with Crippen molar-refractivity contribution in [2.24, 2.45) is 5.92 Å². The highest BCUT2D eigenvalue weighted by Gasteiger charge is 2.10. The monoisotopic (exact) mass is 199 g/mol. The molecule has 0 heterocycles. The third-order valence-electron chi connectivity index (χ3n) is 3.24. The van der Waals surface area contributed by atoms with Gasteiger partial charge in [-0.05, 0) is 18.9 Å². The van der Waals surface area contributed by atoms with E-state index in [1.807, 2.05) is 0 Å². The summed E-state index contributed by atoms with van der Waals surface area (Å²) < 4.78 is 0. The molecule has 0 aromatic rings. The average molecular weight is 199 g/mol. The second-order valence-electron chi connectivity index (χ2n) is 4.47. The molecule has 0 radical (unpaired) electrons. The summed E-state index contributed by atoms with van der Waals surface area (Å²) in [5.41, 5.74) is 0. The van der Waals surface area contributed by atoms with Gasteiger partial charge in [0.15, 0.2) is 0 Å². The molecule has 2 heteroatoms. The fraction of sp³-hybridized carbons (Fsp3) is 1.00. The molecule has 0 aromatic heterocycles. The number of rotatable bonds is 5. The molecule has 2 nitrogen and oxygen atoms in total. The summed E-state index contributed by atoms with van der Waals surface area (Å²) in [5.74, 6) is 0.946. The van der Waals surface area contributed by atoms with Crippen LogP contribution in [0.1, 0.15) is 51.4 Å². The molecule has 0 amide bonds. The van der Waals surface area contributed by atoms with Crippen LogP contribution in [0.2, 0.25) is 0 Å². The molecule has 0 bridgehead atoms. The van der Waals surface area contributed by atoms with Gasteiger partial charge in [-0.3, -0.25) is 0 Å². The molecular formula is C12H25NO. The fourth-order valence-electron chi connectivity index (χ4n) is 2.34. The molecule has 0 unspecified atom stereocenters. The number of aliphatic hydroxyl groups excluding tert-OH is 1. The molecule has 2 N–H and O–H groups in total. The van der Waals surface area contributed by atoms with E-state index in [4.69, 9.17) is 5.11 Å². The van der Waals surface area contributed by atoms with E-state index in [9.17, 15) is 0 Å². The van der Waals surface area contributed by atoms with Crippen LogP contribution in [0.4, 0.5) is 0 Å². The maximum absolute atomic E-state index is 8.62. The van der Waals surface area contributed by atoms with Crippen molar-refractivity contribution < 1.29 is 5.11 Å². The van der Waals surface area contributed by atoms with Crippen LogP contribution in [0.5, 0.6) is 0 Å².